The lowest BCUT2D eigenvalue weighted by Gasteiger charge is -2.21. The van der Waals surface area contributed by atoms with E-state index in [1.165, 1.54) is 0 Å². The van der Waals surface area contributed by atoms with E-state index < -0.39 is 0 Å². The van der Waals surface area contributed by atoms with Gasteiger partial charge in [0.15, 0.2) is 0 Å². The molecular formula is C7H10BrN3O. The molecule has 0 amide bonds. The van der Waals surface area contributed by atoms with E-state index in [1.807, 2.05) is 10.9 Å². The molecule has 1 aromatic rings. The van der Waals surface area contributed by atoms with Crippen LogP contribution in [0.15, 0.2) is 10.8 Å². The van der Waals surface area contributed by atoms with Crippen molar-refractivity contribution in [2.75, 3.05) is 13.2 Å². The minimum absolute atomic E-state index is 0.470. The third-order valence-electron chi connectivity index (χ3n) is 2.05. The smallest absolute Gasteiger partial charge is 0.148 e. The molecule has 1 aliphatic heterocycles. The van der Waals surface area contributed by atoms with Gasteiger partial charge in [0, 0.05) is 13.2 Å². The van der Waals surface area contributed by atoms with Crippen LogP contribution in [0, 0.1) is 0 Å². The Labute approximate surface area is 79.0 Å². The van der Waals surface area contributed by atoms with E-state index in [2.05, 4.69) is 26.2 Å². The van der Waals surface area contributed by atoms with Crippen LogP contribution < -0.4 is 0 Å². The van der Waals surface area contributed by atoms with Gasteiger partial charge in [0.1, 0.15) is 4.60 Å². The molecule has 0 aliphatic carbocycles. The first-order chi connectivity index (χ1) is 5.86. The van der Waals surface area contributed by atoms with E-state index in [0.717, 1.165) is 30.7 Å². The largest absolute Gasteiger partial charge is 0.381 e. The second-order valence-corrected chi connectivity index (χ2v) is 3.68. The summed E-state index contributed by atoms with van der Waals surface area (Å²) in [5, 5.41) is 7.88. The predicted molar refractivity (Wildman–Crippen MR) is 46.8 cm³/mol. The summed E-state index contributed by atoms with van der Waals surface area (Å²) in [5.74, 6) is 0. The molecule has 0 spiro atoms. The molecule has 1 aromatic heterocycles. The highest BCUT2D eigenvalue weighted by Gasteiger charge is 2.16. The van der Waals surface area contributed by atoms with Gasteiger partial charge in [-0.1, -0.05) is 5.21 Å². The Morgan fingerprint density at radius 1 is 1.50 bits per heavy atom. The summed E-state index contributed by atoms with van der Waals surface area (Å²) in [6.07, 6.45) is 3.99. The van der Waals surface area contributed by atoms with Gasteiger partial charge >= 0.3 is 0 Å². The van der Waals surface area contributed by atoms with E-state index in [1.54, 1.807) is 0 Å². The number of hydrogen-bond acceptors (Lipinski definition) is 3. The van der Waals surface area contributed by atoms with Crippen molar-refractivity contribution in [3.8, 4) is 0 Å². The zero-order chi connectivity index (χ0) is 8.39. The maximum absolute atomic E-state index is 5.25. The Kier molecular flexibility index (Phi) is 2.41. The average Bonchev–Trinajstić information content (AvgIpc) is 2.54. The molecule has 0 saturated carbocycles. The van der Waals surface area contributed by atoms with Crippen molar-refractivity contribution in [3.63, 3.8) is 0 Å². The zero-order valence-corrected chi connectivity index (χ0v) is 8.20. The van der Waals surface area contributed by atoms with Crippen LogP contribution in [-0.2, 0) is 4.74 Å². The molecule has 1 saturated heterocycles. The molecule has 0 bridgehead atoms. The minimum Gasteiger partial charge on any atom is -0.381 e. The van der Waals surface area contributed by atoms with Crippen LogP contribution in [0.1, 0.15) is 18.9 Å². The van der Waals surface area contributed by atoms with Crippen LogP contribution in [0.5, 0.6) is 0 Å². The lowest BCUT2D eigenvalue weighted by Crippen LogP contribution is -2.19. The van der Waals surface area contributed by atoms with Crippen LogP contribution in [0.2, 0.25) is 0 Å². The van der Waals surface area contributed by atoms with Crippen molar-refractivity contribution < 1.29 is 4.74 Å². The highest BCUT2D eigenvalue weighted by Crippen LogP contribution is 2.20. The molecular weight excluding hydrogens is 222 g/mol. The quantitative estimate of drug-likeness (QED) is 0.734. The normalized spacial score (nSPS) is 19.8. The Balaban J connectivity index is 2.08. The molecule has 0 radical (unpaired) electrons. The number of ether oxygens (including phenoxy) is 1. The predicted octanol–water partition coefficient (Wildman–Crippen LogP) is 1.39. The first kappa shape index (κ1) is 8.19. The summed E-state index contributed by atoms with van der Waals surface area (Å²) in [5.41, 5.74) is 0. The summed E-state index contributed by atoms with van der Waals surface area (Å²) >= 11 is 3.27. The molecule has 5 heteroatoms. The van der Waals surface area contributed by atoms with Crippen molar-refractivity contribution in [1.29, 1.82) is 0 Å². The van der Waals surface area contributed by atoms with Crippen molar-refractivity contribution in [2.24, 2.45) is 0 Å². The SMILES string of the molecule is Brc1cn(C2CCOCC2)nn1. The highest BCUT2D eigenvalue weighted by atomic mass is 79.9. The lowest BCUT2D eigenvalue weighted by molar-refractivity contribution is 0.0657. The molecule has 66 valence electrons. The first-order valence-electron chi connectivity index (χ1n) is 4.01. The van der Waals surface area contributed by atoms with Gasteiger partial charge in [-0.15, -0.1) is 5.10 Å². The first-order valence-corrected chi connectivity index (χ1v) is 4.80. The summed E-state index contributed by atoms with van der Waals surface area (Å²) in [6, 6.07) is 0.470. The van der Waals surface area contributed by atoms with Gasteiger partial charge in [-0.05, 0) is 28.8 Å². The molecule has 2 rings (SSSR count). The highest BCUT2D eigenvalue weighted by molar-refractivity contribution is 9.10. The van der Waals surface area contributed by atoms with Gasteiger partial charge < -0.3 is 4.74 Å². The molecule has 1 aliphatic rings. The van der Waals surface area contributed by atoms with E-state index in [9.17, 15) is 0 Å². The van der Waals surface area contributed by atoms with E-state index in [-0.39, 0.29) is 0 Å². The summed E-state index contributed by atoms with van der Waals surface area (Å²) in [4.78, 5) is 0. The fourth-order valence-corrected chi connectivity index (χ4v) is 1.66. The van der Waals surface area contributed by atoms with Crippen molar-refractivity contribution in [1.82, 2.24) is 15.0 Å². The molecule has 0 unspecified atom stereocenters. The number of halogens is 1. The number of rotatable bonds is 1. The second kappa shape index (κ2) is 3.53. The zero-order valence-electron chi connectivity index (χ0n) is 6.61. The second-order valence-electron chi connectivity index (χ2n) is 2.86. The average molecular weight is 232 g/mol. The molecule has 0 aromatic carbocycles. The lowest BCUT2D eigenvalue weighted by atomic mass is 10.1. The fourth-order valence-electron chi connectivity index (χ4n) is 1.38. The van der Waals surface area contributed by atoms with Crippen molar-refractivity contribution in [3.05, 3.63) is 10.8 Å². The van der Waals surface area contributed by atoms with Crippen LogP contribution >= 0.6 is 15.9 Å². The van der Waals surface area contributed by atoms with Crippen LogP contribution in [0.25, 0.3) is 0 Å². The number of aromatic nitrogens is 3. The van der Waals surface area contributed by atoms with Gasteiger partial charge in [-0.3, -0.25) is 0 Å². The number of hydrogen-bond donors (Lipinski definition) is 0. The summed E-state index contributed by atoms with van der Waals surface area (Å²) < 4.78 is 7.96. The van der Waals surface area contributed by atoms with E-state index in [4.69, 9.17) is 4.74 Å². The molecule has 4 nitrogen and oxygen atoms in total. The van der Waals surface area contributed by atoms with Gasteiger partial charge in [0.2, 0.25) is 0 Å². The third kappa shape index (κ3) is 1.67. The maximum atomic E-state index is 5.25. The maximum Gasteiger partial charge on any atom is 0.148 e. The third-order valence-corrected chi connectivity index (χ3v) is 2.41. The summed E-state index contributed by atoms with van der Waals surface area (Å²) in [7, 11) is 0. The summed E-state index contributed by atoms with van der Waals surface area (Å²) in [6.45, 7) is 1.67. The Morgan fingerprint density at radius 2 is 2.25 bits per heavy atom. The Morgan fingerprint density at radius 3 is 2.83 bits per heavy atom. The monoisotopic (exact) mass is 231 g/mol. The van der Waals surface area contributed by atoms with Crippen LogP contribution in [-0.4, -0.2) is 28.2 Å². The standard InChI is InChI=1S/C7H10BrN3O/c8-7-5-11(10-9-7)6-1-3-12-4-2-6/h5-6H,1-4H2. The van der Waals surface area contributed by atoms with Crippen LogP contribution in [0.3, 0.4) is 0 Å². The van der Waals surface area contributed by atoms with E-state index in [0.29, 0.717) is 6.04 Å². The Hall–Kier alpha value is -0.420. The van der Waals surface area contributed by atoms with Crippen molar-refractivity contribution in [2.45, 2.75) is 18.9 Å². The van der Waals surface area contributed by atoms with Crippen LogP contribution in [0.4, 0.5) is 0 Å². The molecule has 1 fully saturated rings. The minimum atomic E-state index is 0.470. The van der Waals surface area contributed by atoms with Crippen molar-refractivity contribution >= 4 is 15.9 Å². The van der Waals surface area contributed by atoms with Gasteiger partial charge in [-0.2, -0.15) is 0 Å². The molecule has 12 heavy (non-hydrogen) atoms. The van der Waals surface area contributed by atoms with Gasteiger partial charge in [0.25, 0.3) is 0 Å². The number of nitrogens with zero attached hydrogens (tertiary/aromatic N) is 3. The topological polar surface area (TPSA) is 39.9 Å². The molecule has 2 heterocycles. The molecule has 0 atom stereocenters. The van der Waals surface area contributed by atoms with Gasteiger partial charge in [0.05, 0.1) is 12.2 Å². The Bertz CT molecular complexity index is 257. The molecule has 0 N–H and O–H groups in total. The fraction of sp³-hybridized carbons (Fsp3) is 0.714. The van der Waals surface area contributed by atoms with E-state index >= 15 is 0 Å². The van der Waals surface area contributed by atoms with Gasteiger partial charge in [-0.25, -0.2) is 4.68 Å².